The number of amides is 1. The summed E-state index contributed by atoms with van der Waals surface area (Å²) >= 11 is 0. The third kappa shape index (κ3) is 4.79. The van der Waals surface area contributed by atoms with Crippen LogP contribution < -0.4 is 0 Å². The number of hydrogen-bond donors (Lipinski definition) is 0. The number of carbonyl (C=O) groups excluding carboxylic acids is 1. The van der Waals surface area contributed by atoms with E-state index in [0.29, 0.717) is 18.7 Å². The fourth-order valence-corrected chi connectivity index (χ4v) is 2.41. The fraction of sp³-hybridized carbons (Fsp3) is 0.562. The monoisotopic (exact) mass is 294 g/mol. The van der Waals surface area contributed by atoms with Gasteiger partial charge in [0.15, 0.2) is 0 Å². The zero-order valence-electron chi connectivity index (χ0n) is 12.7. The van der Waals surface area contributed by atoms with Gasteiger partial charge in [0.2, 0.25) is 0 Å². The average Bonchev–Trinajstić information content (AvgIpc) is 2.96. The number of ether oxygens (including phenoxy) is 1. The first kappa shape index (κ1) is 15.9. The lowest BCUT2D eigenvalue weighted by atomic mass is 10.1. The predicted octanol–water partition coefficient (Wildman–Crippen LogP) is 2.01. The van der Waals surface area contributed by atoms with E-state index in [1.165, 1.54) is 24.3 Å². The van der Waals surface area contributed by atoms with Crippen LogP contribution in [0.4, 0.5) is 4.39 Å². The second-order valence-electron chi connectivity index (χ2n) is 5.70. The molecule has 1 aromatic rings. The van der Waals surface area contributed by atoms with Gasteiger partial charge in [0, 0.05) is 31.8 Å². The Morgan fingerprint density at radius 3 is 2.57 bits per heavy atom. The van der Waals surface area contributed by atoms with Gasteiger partial charge in [0.05, 0.1) is 6.10 Å². The molecule has 0 aromatic heterocycles. The minimum absolute atomic E-state index is 0.0626. The SMILES string of the molecule is CN(C)CCN(C[C@@H]1CCCO1)C(=O)c1ccc(F)cc1. The van der Waals surface area contributed by atoms with Crippen LogP contribution in [0.5, 0.6) is 0 Å². The molecule has 21 heavy (non-hydrogen) atoms. The topological polar surface area (TPSA) is 32.8 Å². The van der Waals surface area contributed by atoms with Crippen LogP contribution in [0.2, 0.25) is 0 Å². The maximum absolute atomic E-state index is 13.0. The summed E-state index contributed by atoms with van der Waals surface area (Å²) < 4.78 is 18.6. The second-order valence-corrected chi connectivity index (χ2v) is 5.70. The van der Waals surface area contributed by atoms with Crippen LogP contribution >= 0.6 is 0 Å². The summed E-state index contributed by atoms with van der Waals surface area (Å²) in [4.78, 5) is 16.4. The summed E-state index contributed by atoms with van der Waals surface area (Å²) in [6, 6.07) is 5.72. The van der Waals surface area contributed by atoms with Crippen LogP contribution in [0, 0.1) is 5.82 Å². The van der Waals surface area contributed by atoms with Gasteiger partial charge in [0.25, 0.3) is 5.91 Å². The van der Waals surface area contributed by atoms with Crippen molar-refractivity contribution in [3.8, 4) is 0 Å². The molecule has 0 aliphatic carbocycles. The van der Waals surface area contributed by atoms with Gasteiger partial charge in [-0.2, -0.15) is 0 Å². The number of nitrogens with zero attached hydrogens (tertiary/aromatic N) is 2. The number of halogens is 1. The molecule has 116 valence electrons. The van der Waals surface area contributed by atoms with E-state index in [2.05, 4.69) is 0 Å². The Labute approximate surface area is 125 Å². The van der Waals surface area contributed by atoms with Crippen LogP contribution in [0.15, 0.2) is 24.3 Å². The summed E-state index contributed by atoms with van der Waals surface area (Å²) in [7, 11) is 3.96. The molecule has 0 saturated carbocycles. The molecule has 0 radical (unpaired) electrons. The molecule has 0 N–H and O–H groups in total. The van der Waals surface area contributed by atoms with Gasteiger partial charge < -0.3 is 14.5 Å². The molecular weight excluding hydrogens is 271 g/mol. The molecule has 4 nitrogen and oxygen atoms in total. The Balaban J connectivity index is 2.04. The summed E-state index contributed by atoms with van der Waals surface area (Å²) in [5.41, 5.74) is 0.521. The van der Waals surface area contributed by atoms with E-state index in [-0.39, 0.29) is 17.8 Å². The number of rotatable bonds is 6. The van der Waals surface area contributed by atoms with Crippen LogP contribution in [0.3, 0.4) is 0 Å². The van der Waals surface area contributed by atoms with Gasteiger partial charge in [-0.25, -0.2) is 4.39 Å². The van der Waals surface area contributed by atoms with E-state index in [9.17, 15) is 9.18 Å². The van der Waals surface area contributed by atoms with Crippen molar-refractivity contribution < 1.29 is 13.9 Å². The first-order valence-electron chi connectivity index (χ1n) is 7.37. The van der Waals surface area contributed by atoms with Gasteiger partial charge in [-0.3, -0.25) is 4.79 Å². The van der Waals surface area contributed by atoms with E-state index < -0.39 is 0 Å². The number of benzene rings is 1. The third-order valence-corrected chi connectivity index (χ3v) is 3.64. The maximum atomic E-state index is 13.0. The Morgan fingerprint density at radius 2 is 2.00 bits per heavy atom. The minimum Gasteiger partial charge on any atom is -0.376 e. The first-order valence-corrected chi connectivity index (χ1v) is 7.37. The summed E-state index contributed by atoms with van der Waals surface area (Å²) in [5, 5.41) is 0. The average molecular weight is 294 g/mol. The highest BCUT2D eigenvalue weighted by atomic mass is 19.1. The molecule has 1 amide bonds. The molecule has 1 aliphatic heterocycles. The second kappa shape index (κ2) is 7.52. The number of hydrogen-bond acceptors (Lipinski definition) is 3. The molecule has 2 rings (SSSR count). The Morgan fingerprint density at radius 1 is 1.29 bits per heavy atom. The lowest BCUT2D eigenvalue weighted by molar-refractivity contribution is 0.0512. The Hall–Kier alpha value is -1.46. The highest BCUT2D eigenvalue weighted by molar-refractivity contribution is 5.94. The van der Waals surface area contributed by atoms with Crippen molar-refractivity contribution in [2.24, 2.45) is 0 Å². The standard InChI is InChI=1S/C16H23FN2O2/c1-18(2)9-10-19(12-15-4-3-11-21-15)16(20)13-5-7-14(17)8-6-13/h5-8,15H,3-4,9-12H2,1-2H3/t15-/m0/s1. The van der Waals surface area contributed by atoms with E-state index in [4.69, 9.17) is 4.74 Å². The molecule has 5 heteroatoms. The van der Waals surface area contributed by atoms with E-state index >= 15 is 0 Å². The molecule has 0 bridgehead atoms. The van der Waals surface area contributed by atoms with Crippen molar-refractivity contribution in [2.45, 2.75) is 18.9 Å². The summed E-state index contributed by atoms with van der Waals surface area (Å²) in [6.07, 6.45) is 2.17. The van der Waals surface area contributed by atoms with E-state index in [1.54, 1.807) is 0 Å². The lowest BCUT2D eigenvalue weighted by Crippen LogP contribution is -2.41. The molecule has 1 fully saturated rings. The van der Waals surface area contributed by atoms with Crippen molar-refractivity contribution in [2.75, 3.05) is 40.3 Å². The highest BCUT2D eigenvalue weighted by Gasteiger charge is 2.23. The van der Waals surface area contributed by atoms with Crippen molar-refractivity contribution in [1.82, 2.24) is 9.80 Å². The first-order chi connectivity index (χ1) is 10.1. The van der Waals surface area contributed by atoms with Crippen LogP contribution in [-0.2, 0) is 4.74 Å². The highest BCUT2D eigenvalue weighted by Crippen LogP contribution is 2.15. The largest absolute Gasteiger partial charge is 0.376 e. The van der Waals surface area contributed by atoms with Crippen molar-refractivity contribution in [1.29, 1.82) is 0 Å². The van der Waals surface area contributed by atoms with Gasteiger partial charge in [0.1, 0.15) is 5.82 Å². The molecule has 1 aromatic carbocycles. The van der Waals surface area contributed by atoms with E-state index in [0.717, 1.165) is 26.0 Å². The molecule has 0 unspecified atom stereocenters. The molecule has 1 aliphatic rings. The van der Waals surface area contributed by atoms with Crippen LogP contribution in [0.1, 0.15) is 23.2 Å². The normalized spacial score (nSPS) is 18.2. The zero-order chi connectivity index (χ0) is 15.2. The number of carbonyl (C=O) groups is 1. The minimum atomic E-state index is -0.328. The maximum Gasteiger partial charge on any atom is 0.253 e. The van der Waals surface area contributed by atoms with Crippen molar-refractivity contribution in [3.05, 3.63) is 35.6 Å². The third-order valence-electron chi connectivity index (χ3n) is 3.64. The smallest absolute Gasteiger partial charge is 0.253 e. The van der Waals surface area contributed by atoms with Gasteiger partial charge in [-0.05, 0) is 51.2 Å². The molecule has 1 heterocycles. The summed E-state index contributed by atoms with van der Waals surface area (Å²) in [5.74, 6) is -0.391. The fourth-order valence-electron chi connectivity index (χ4n) is 2.41. The van der Waals surface area contributed by atoms with Gasteiger partial charge >= 0.3 is 0 Å². The molecular formula is C16H23FN2O2. The van der Waals surface area contributed by atoms with E-state index in [1.807, 2.05) is 23.9 Å². The summed E-state index contributed by atoms with van der Waals surface area (Å²) in [6.45, 7) is 2.81. The Bertz CT molecular complexity index is 456. The molecule has 0 spiro atoms. The molecule has 1 saturated heterocycles. The van der Waals surface area contributed by atoms with Gasteiger partial charge in [-0.15, -0.1) is 0 Å². The van der Waals surface area contributed by atoms with Crippen molar-refractivity contribution >= 4 is 5.91 Å². The van der Waals surface area contributed by atoms with Crippen molar-refractivity contribution in [3.63, 3.8) is 0 Å². The lowest BCUT2D eigenvalue weighted by Gasteiger charge is -2.27. The predicted molar refractivity (Wildman–Crippen MR) is 79.8 cm³/mol. The Kier molecular flexibility index (Phi) is 5.70. The zero-order valence-corrected chi connectivity index (χ0v) is 12.7. The van der Waals surface area contributed by atoms with Crippen LogP contribution in [0.25, 0.3) is 0 Å². The molecule has 1 atom stereocenters. The quantitative estimate of drug-likeness (QED) is 0.804. The van der Waals surface area contributed by atoms with Crippen LogP contribution in [-0.4, -0.2) is 62.1 Å². The van der Waals surface area contributed by atoms with Gasteiger partial charge in [-0.1, -0.05) is 0 Å². The number of likely N-dealkylation sites (N-methyl/N-ethyl adjacent to an activating group) is 1.